The maximum atomic E-state index is 13.0. The molecule has 0 unspecified atom stereocenters. The van der Waals surface area contributed by atoms with Gasteiger partial charge in [0, 0.05) is 29.5 Å². The maximum absolute atomic E-state index is 13.0. The molecule has 0 N–H and O–H groups in total. The van der Waals surface area contributed by atoms with Crippen LogP contribution in [0.2, 0.25) is 0 Å². The highest BCUT2D eigenvalue weighted by atomic mass is 32.1. The third-order valence-electron chi connectivity index (χ3n) is 5.05. The van der Waals surface area contributed by atoms with Crippen molar-refractivity contribution in [1.82, 2.24) is 14.9 Å². The van der Waals surface area contributed by atoms with Crippen LogP contribution < -0.4 is 9.47 Å². The van der Waals surface area contributed by atoms with Gasteiger partial charge in [-0.3, -0.25) is 9.78 Å². The first-order chi connectivity index (χ1) is 16.2. The quantitative estimate of drug-likeness (QED) is 0.303. The van der Waals surface area contributed by atoms with Crippen LogP contribution in [-0.2, 0) is 24.4 Å². The first kappa shape index (κ1) is 22.9. The molecule has 3 aromatic heterocycles. The summed E-state index contributed by atoms with van der Waals surface area (Å²) in [6.07, 6.45) is 2.00. The highest BCUT2D eigenvalue weighted by Crippen LogP contribution is 2.30. The van der Waals surface area contributed by atoms with E-state index in [1.54, 1.807) is 24.6 Å². The normalized spacial score (nSPS) is 10.7. The SMILES string of the molecule is CCN(Cc1ccc(OCc2cccs2)c(OC)c1)C(=O)Cc1csc(-c2ccccn2)n1. The average Bonchev–Trinajstić information content (AvgIpc) is 3.54. The Balaban J connectivity index is 1.39. The summed E-state index contributed by atoms with van der Waals surface area (Å²) in [7, 11) is 1.63. The largest absolute Gasteiger partial charge is 0.493 e. The Morgan fingerprint density at radius 1 is 1.09 bits per heavy atom. The van der Waals surface area contributed by atoms with E-state index >= 15 is 0 Å². The number of methoxy groups -OCH3 is 1. The van der Waals surface area contributed by atoms with E-state index in [0.717, 1.165) is 26.8 Å². The molecule has 0 bridgehead atoms. The lowest BCUT2D eigenvalue weighted by atomic mass is 10.1. The minimum Gasteiger partial charge on any atom is -0.493 e. The van der Waals surface area contributed by atoms with Gasteiger partial charge in [0.15, 0.2) is 11.5 Å². The molecule has 0 saturated heterocycles. The molecule has 6 nitrogen and oxygen atoms in total. The van der Waals surface area contributed by atoms with E-state index in [4.69, 9.17) is 9.47 Å². The van der Waals surface area contributed by atoms with Gasteiger partial charge in [-0.15, -0.1) is 22.7 Å². The van der Waals surface area contributed by atoms with E-state index in [1.807, 2.05) is 71.1 Å². The highest BCUT2D eigenvalue weighted by molar-refractivity contribution is 7.13. The number of thiazole rings is 1. The van der Waals surface area contributed by atoms with Crippen LogP contribution in [0.1, 0.15) is 23.1 Å². The van der Waals surface area contributed by atoms with E-state index in [2.05, 4.69) is 9.97 Å². The van der Waals surface area contributed by atoms with E-state index in [-0.39, 0.29) is 12.3 Å². The van der Waals surface area contributed by atoms with Crippen molar-refractivity contribution in [3.05, 3.63) is 81.6 Å². The monoisotopic (exact) mass is 479 g/mol. The molecule has 0 fully saturated rings. The Morgan fingerprint density at radius 2 is 2.00 bits per heavy atom. The zero-order valence-electron chi connectivity index (χ0n) is 18.6. The summed E-state index contributed by atoms with van der Waals surface area (Å²) in [4.78, 5) is 24.9. The van der Waals surface area contributed by atoms with Gasteiger partial charge in [0.25, 0.3) is 0 Å². The summed E-state index contributed by atoms with van der Waals surface area (Å²) < 4.78 is 11.4. The van der Waals surface area contributed by atoms with Crippen LogP contribution in [0.15, 0.2) is 65.5 Å². The number of carbonyl (C=O) groups excluding carboxylic acids is 1. The fourth-order valence-corrected chi connectivity index (χ4v) is 4.74. The Hall–Kier alpha value is -3.23. The fraction of sp³-hybridized carbons (Fsp3) is 0.240. The molecule has 170 valence electrons. The highest BCUT2D eigenvalue weighted by Gasteiger charge is 2.17. The standard InChI is InChI=1S/C25H25N3O3S2/c1-3-28(24(29)14-19-17-33-25(27-19)21-8-4-5-11-26-21)15-18-9-10-22(23(13-18)30-2)31-16-20-7-6-12-32-20/h4-13,17H,3,14-16H2,1-2H3. The number of carbonyl (C=O) groups is 1. The number of aromatic nitrogens is 2. The summed E-state index contributed by atoms with van der Waals surface area (Å²) >= 11 is 3.16. The lowest BCUT2D eigenvalue weighted by molar-refractivity contribution is -0.130. The lowest BCUT2D eigenvalue weighted by Gasteiger charge is -2.21. The molecule has 3 heterocycles. The molecule has 1 amide bonds. The van der Waals surface area contributed by atoms with Crippen LogP contribution in [0.3, 0.4) is 0 Å². The second-order valence-corrected chi connectivity index (χ2v) is 9.19. The molecule has 4 rings (SSSR count). The Bertz CT molecular complexity index is 1180. The zero-order chi connectivity index (χ0) is 23.0. The van der Waals surface area contributed by atoms with Gasteiger partial charge >= 0.3 is 0 Å². The summed E-state index contributed by atoms with van der Waals surface area (Å²) in [5.74, 6) is 1.38. The number of hydrogen-bond acceptors (Lipinski definition) is 7. The zero-order valence-corrected chi connectivity index (χ0v) is 20.2. The van der Waals surface area contributed by atoms with Gasteiger partial charge in [-0.2, -0.15) is 0 Å². The number of amides is 1. The average molecular weight is 480 g/mol. The van der Waals surface area contributed by atoms with E-state index in [0.29, 0.717) is 31.2 Å². The number of thiophene rings is 1. The van der Waals surface area contributed by atoms with Gasteiger partial charge in [0.2, 0.25) is 5.91 Å². The summed E-state index contributed by atoms with van der Waals surface area (Å²) in [6, 6.07) is 15.6. The maximum Gasteiger partial charge on any atom is 0.228 e. The van der Waals surface area contributed by atoms with Crippen LogP contribution >= 0.6 is 22.7 Å². The van der Waals surface area contributed by atoms with Crippen molar-refractivity contribution in [3.63, 3.8) is 0 Å². The van der Waals surface area contributed by atoms with Crippen LogP contribution in [0, 0.1) is 0 Å². The molecule has 1 aromatic carbocycles. The number of pyridine rings is 1. The van der Waals surface area contributed by atoms with Crippen molar-refractivity contribution in [1.29, 1.82) is 0 Å². The number of nitrogens with zero attached hydrogens (tertiary/aromatic N) is 3. The summed E-state index contributed by atoms with van der Waals surface area (Å²) in [5.41, 5.74) is 2.57. The van der Waals surface area contributed by atoms with Gasteiger partial charge in [0.05, 0.1) is 24.9 Å². The van der Waals surface area contributed by atoms with Gasteiger partial charge in [0.1, 0.15) is 11.6 Å². The molecular weight excluding hydrogens is 454 g/mol. The number of likely N-dealkylation sites (N-methyl/N-ethyl adjacent to an activating group) is 1. The van der Waals surface area contributed by atoms with Crippen molar-refractivity contribution in [2.45, 2.75) is 26.5 Å². The molecule has 8 heteroatoms. The van der Waals surface area contributed by atoms with Crippen LogP contribution in [0.4, 0.5) is 0 Å². The van der Waals surface area contributed by atoms with Gasteiger partial charge in [-0.25, -0.2) is 4.98 Å². The third-order valence-corrected chi connectivity index (χ3v) is 6.82. The topological polar surface area (TPSA) is 64.6 Å². The van der Waals surface area contributed by atoms with E-state index in [9.17, 15) is 4.79 Å². The van der Waals surface area contributed by atoms with Gasteiger partial charge < -0.3 is 14.4 Å². The molecule has 0 saturated carbocycles. The second-order valence-electron chi connectivity index (χ2n) is 7.30. The van der Waals surface area contributed by atoms with Gasteiger partial charge in [-0.1, -0.05) is 18.2 Å². The summed E-state index contributed by atoms with van der Waals surface area (Å²) in [5, 5.41) is 4.78. The molecule has 0 atom stereocenters. The molecule has 0 aliphatic carbocycles. The Morgan fingerprint density at radius 3 is 2.73 bits per heavy atom. The van der Waals surface area contributed by atoms with Crippen molar-refractivity contribution >= 4 is 28.6 Å². The fourth-order valence-electron chi connectivity index (χ4n) is 3.33. The molecule has 0 radical (unpaired) electrons. The Labute approximate surface area is 201 Å². The molecule has 0 aliphatic rings. The first-order valence-electron chi connectivity index (χ1n) is 10.6. The van der Waals surface area contributed by atoms with E-state index in [1.165, 1.54) is 11.3 Å². The number of rotatable bonds is 10. The lowest BCUT2D eigenvalue weighted by Crippen LogP contribution is -2.31. The smallest absolute Gasteiger partial charge is 0.228 e. The van der Waals surface area contributed by atoms with Crippen molar-refractivity contribution in [3.8, 4) is 22.2 Å². The molecule has 0 aliphatic heterocycles. The van der Waals surface area contributed by atoms with Crippen LogP contribution in [0.5, 0.6) is 11.5 Å². The van der Waals surface area contributed by atoms with Crippen molar-refractivity contribution in [2.75, 3.05) is 13.7 Å². The minimum atomic E-state index is 0.0346. The third kappa shape index (κ3) is 5.97. The molecule has 4 aromatic rings. The van der Waals surface area contributed by atoms with Crippen LogP contribution in [-0.4, -0.2) is 34.4 Å². The predicted octanol–water partition coefficient (Wildman–Crippen LogP) is 5.45. The van der Waals surface area contributed by atoms with Crippen molar-refractivity contribution in [2.24, 2.45) is 0 Å². The number of ether oxygens (including phenoxy) is 2. The van der Waals surface area contributed by atoms with Crippen LogP contribution in [0.25, 0.3) is 10.7 Å². The number of benzene rings is 1. The molecular formula is C25H25N3O3S2. The minimum absolute atomic E-state index is 0.0346. The summed E-state index contributed by atoms with van der Waals surface area (Å²) in [6.45, 7) is 3.58. The predicted molar refractivity (Wildman–Crippen MR) is 132 cm³/mol. The Kier molecular flexibility index (Phi) is 7.70. The second kappa shape index (κ2) is 11.1. The molecule has 0 spiro atoms. The van der Waals surface area contributed by atoms with E-state index < -0.39 is 0 Å². The van der Waals surface area contributed by atoms with Gasteiger partial charge in [-0.05, 0) is 48.2 Å². The molecule has 33 heavy (non-hydrogen) atoms. The first-order valence-corrected chi connectivity index (χ1v) is 12.4. The van der Waals surface area contributed by atoms with Crippen molar-refractivity contribution < 1.29 is 14.3 Å². The number of hydrogen-bond donors (Lipinski definition) is 0.